The number of hydrogen-bond donors (Lipinski definition) is 1. The Bertz CT molecular complexity index is 606. The van der Waals surface area contributed by atoms with Crippen molar-refractivity contribution in [2.45, 2.75) is 0 Å². The predicted octanol–water partition coefficient (Wildman–Crippen LogP) is 1.66. The monoisotopic (exact) mass is 308 g/mol. The summed E-state index contributed by atoms with van der Waals surface area (Å²) in [6.45, 7) is 0. The van der Waals surface area contributed by atoms with Gasteiger partial charge >= 0.3 is 0 Å². The van der Waals surface area contributed by atoms with Crippen molar-refractivity contribution in [1.82, 2.24) is 0 Å². The van der Waals surface area contributed by atoms with E-state index in [9.17, 15) is 14.7 Å². The number of carbonyl (C=O) groups excluding carboxylic acids is 2. The summed E-state index contributed by atoms with van der Waals surface area (Å²) in [4.78, 5) is 22.6. The van der Waals surface area contributed by atoms with E-state index in [1.54, 1.807) is 18.2 Å². The van der Waals surface area contributed by atoms with Crippen LogP contribution < -0.4 is 10.4 Å². The molecule has 0 spiro atoms. The molecule has 0 bridgehead atoms. The fourth-order valence-corrected chi connectivity index (χ4v) is 1.70. The molecule has 5 nitrogen and oxygen atoms in total. The Labute approximate surface area is 111 Å². The van der Waals surface area contributed by atoms with Crippen LogP contribution in [-0.2, 0) is 0 Å². The molecule has 1 amide bonds. The molecule has 0 atom stereocenters. The van der Waals surface area contributed by atoms with Gasteiger partial charge < -0.3 is 19.6 Å². The second kappa shape index (κ2) is 5.05. The summed E-state index contributed by atoms with van der Waals surface area (Å²) in [5.41, 5.74) is 0.0755. The summed E-state index contributed by atoms with van der Waals surface area (Å²) >= 11 is 3.07. The minimum absolute atomic E-state index is 0.0787. The van der Waals surface area contributed by atoms with Crippen molar-refractivity contribution in [1.29, 1.82) is 0 Å². The minimum atomic E-state index is -1.36. The van der Waals surface area contributed by atoms with Crippen molar-refractivity contribution in [3.05, 3.63) is 52.4 Å². The van der Waals surface area contributed by atoms with Crippen LogP contribution in [0.2, 0.25) is 0 Å². The zero-order valence-corrected chi connectivity index (χ0v) is 10.6. The van der Waals surface area contributed by atoms with E-state index < -0.39 is 11.9 Å². The molecule has 0 aliphatic rings. The molecule has 6 heteroatoms. The third-order valence-corrected chi connectivity index (χ3v) is 2.62. The summed E-state index contributed by atoms with van der Waals surface area (Å²) in [6.07, 6.45) is 0. The number of benzene rings is 1. The van der Waals surface area contributed by atoms with Crippen molar-refractivity contribution >= 4 is 33.5 Å². The second-order valence-electron chi connectivity index (χ2n) is 3.39. The molecule has 0 saturated heterocycles. The molecule has 0 fully saturated rings. The SMILES string of the molecule is O=C(Nc1ccccc1C(=O)[O-])c1ccc(Br)o1. The number of aromatic carboxylic acids is 1. The standard InChI is InChI=1S/C12H8BrNO4/c13-10-6-5-9(18-10)11(15)14-8-4-2-1-3-7(8)12(16)17/h1-6H,(H,14,15)(H,16,17)/p-1. The van der Waals surface area contributed by atoms with Crippen molar-refractivity contribution in [3.63, 3.8) is 0 Å². The zero-order valence-electron chi connectivity index (χ0n) is 8.98. The number of nitrogens with one attached hydrogen (secondary N) is 1. The number of carbonyl (C=O) groups is 2. The maximum Gasteiger partial charge on any atom is 0.291 e. The van der Waals surface area contributed by atoms with E-state index >= 15 is 0 Å². The van der Waals surface area contributed by atoms with Crippen LogP contribution in [0.15, 0.2) is 45.5 Å². The van der Waals surface area contributed by atoms with E-state index in [4.69, 9.17) is 4.42 Å². The van der Waals surface area contributed by atoms with Gasteiger partial charge in [0.25, 0.3) is 5.91 Å². The number of furan rings is 1. The lowest BCUT2D eigenvalue weighted by Gasteiger charge is -2.10. The first-order valence-corrected chi connectivity index (χ1v) is 5.74. The molecule has 18 heavy (non-hydrogen) atoms. The first kappa shape index (κ1) is 12.4. The highest BCUT2D eigenvalue weighted by Gasteiger charge is 2.12. The normalized spacial score (nSPS) is 10.1. The maximum absolute atomic E-state index is 11.8. The van der Waals surface area contributed by atoms with E-state index in [2.05, 4.69) is 21.2 Å². The Morgan fingerprint density at radius 2 is 1.89 bits per heavy atom. The second-order valence-corrected chi connectivity index (χ2v) is 4.17. The third-order valence-electron chi connectivity index (χ3n) is 2.19. The van der Waals surface area contributed by atoms with Gasteiger partial charge in [-0.3, -0.25) is 4.79 Å². The number of rotatable bonds is 3. The number of carboxylic acids is 1. The molecule has 1 aromatic carbocycles. The molecule has 1 heterocycles. The summed E-state index contributed by atoms with van der Waals surface area (Å²) in [5.74, 6) is -1.81. The molecule has 2 rings (SSSR count). The fourth-order valence-electron chi connectivity index (χ4n) is 1.39. The zero-order chi connectivity index (χ0) is 13.1. The van der Waals surface area contributed by atoms with Gasteiger partial charge in [-0.05, 0) is 34.1 Å². The van der Waals surface area contributed by atoms with Crippen LogP contribution in [-0.4, -0.2) is 11.9 Å². The molecule has 0 unspecified atom stereocenters. The lowest BCUT2D eigenvalue weighted by molar-refractivity contribution is -0.254. The van der Waals surface area contributed by atoms with E-state index in [0.29, 0.717) is 4.67 Å². The van der Waals surface area contributed by atoms with E-state index in [1.807, 2.05) is 0 Å². The third kappa shape index (κ3) is 2.60. The Morgan fingerprint density at radius 1 is 1.17 bits per heavy atom. The lowest BCUT2D eigenvalue weighted by atomic mass is 10.2. The number of hydrogen-bond acceptors (Lipinski definition) is 4. The van der Waals surface area contributed by atoms with Gasteiger partial charge in [0.05, 0.1) is 11.7 Å². The Balaban J connectivity index is 2.24. The van der Waals surface area contributed by atoms with Crippen LogP contribution in [0, 0.1) is 0 Å². The van der Waals surface area contributed by atoms with Gasteiger partial charge in [-0.2, -0.15) is 0 Å². The van der Waals surface area contributed by atoms with Crippen LogP contribution in [0.4, 0.5) is 5.69 Å². The predicted molar refractivity (Wildman–Crippen MR) is 65.1 cm³/mol. The highest BCUT2D eigenvalue weighted by atomic mass is 79.9. The Morgan fingerprint density at radius 3 is 2.50 bits per heavy atom. The summed E-state index contributed by atoms with van der Waals surface area (Å²) in [5, 5.41) is 13.3. The average Bonchev–Trinajstić information content (AvgIpc) is 2.76. The van der Waals surface area contributed by atoms with Gasteiger partial charge in [0.1, 0.15) is 0 Å². The maximum atomic E-state index is 11.8. The largest absolute Gasteiger partial charge is 0.545 e. The van der Waals surface area contributed by atoms with Crippen LogP contribution in [0.3, 0.4) is 0 Å². The van der Waals surface area contributed by atoms with Crippen molar-refractivity contribution in [2.75, 3.05) is 5.32 Å². The van der Waals surface area contributed by atoms with Gasteiger partial charge in [-0.25, -0.2) is 0 Å². The molecule has 92 valence electrons. The van der Waals surface area contributed by atoms with Crippen molar-refractivity contribution in [2.24, 2.45) is 0 Å². The first-order valence-electron chi connectivity index (χ1n) is 4.95. The van der Waals surface area contributed by atoms with Gasteiger partial charge in [-0.1, -0.05) is 18.2 Å². The van der Waals surface area contributed by atoms with Gasteiger partial charge in [0.15, 0.2) is 10.4 Å². The molecule has 0 aliphatic heterocycles. The molecule has 0 saturated carbocycles. The highest BCUT2D eigenvalue weighted by Crippen LogP contribution is 2.18. The quantitative estimate of drug-likeness (QED) is 0.934. The minimum Gasteiger partial charge on any atom is -0.545 e. The Kier molecular flexibility index (Phi) is 3.47. The van der Waals surface area contributed by atoms with Crippen LogP contribution >= 0.6 is 15.9 Å². The number of anilines is 1. The average molecular weight is 309 g/mol. The molecule has 0 aliphatic carbocycles. The van der Waals surface area contributed by atoms with Crippen LogP contribution in [0.1, 0.15) is 20.9 Å². The molecule has 1 N–H and O–H groups in total. The molecular weight excluding hydrogens is 302 g/mol. The Hall–Kier alpha value is -2.08. The van der Waals surface area contributed by atoms with Crippen LogP contribution in [0.25, 0.3) is 0 Å². The molecule has 0 radical (unpaired) electrons. The van der Waals surface area contributed by atoms with E-state index in [0.717, 1.165) is 0 Å². The molecule has 2 aromatic rings. The highest BCUT2D eigenvalue weighted by molar-refractivity contribution is 9.10. The number of amides is 1. The van der Waals surface area contributed by atoms with Gasteiger partial charge in [0, 0.05) is 5.56 Å². The van der Waals surface area contributed by atoms with Crippen molar-refractivity contribution in [3.8, 4) is 0 Å². The first-order chi connectivity index (χ1) is 8.58. The van der Waals surface area contributed by atoms with Crippen LogP contribution in [0.5, 0.6) is 0 Å². The summed E-state index contributed by atoms with van der Waals surface area (Å²) in [7, 11) is 0. The fraction of sp³-hybridized carbons (Fsp3) is 0. The topological polar surface area (TPSA) is 82.4 Å². The molecular formula is C12H7BrNO4-. The van der Waals surface area contributed by atoms with Gasteiger partial charge in [-0.15, -0.1) is 0 Å². The number of para-hydroxylation sites is 1. The summed E-state index contributed by atoms with van der Waals surface area (Å²) < 4.78 is 5.48. The number of carboxylic acid groups (broad SMARTS) is 1. The van der Waals surface area contributed by atoms with E-state index in [-0.39, 0.29) is 17.0 Å². The summed E-state index contributed by atoms with van der Waals surface area (Å²) in [6, 6.07) is 9.02. The van der Waals surface area contributed by atoms with E-state index in [1.165, 1.54) is 18.2 Å². The molecule has 1 aromatic heterocycles. The lowest BCUT2D eigenvalue weighted by Crippen LogP contribution is -2.24. The van der Waals surface area contributed by atoms with Gasteiger partial charge in [0.2, 0.25) is 0 Å². The van der Waals surface area contributed by atoms with Crippen molar-refractivity contribution < 1.29 is 19.1 Å². The number of halogens is 1. The smallest absolute Gasteiger partial charge is 0.291 e.